The molecule has 0 unspecified atom stereocenters. The van der Waals surface area contributed by atoms with E-state index in [0.717, 1.165) is 22.0 Å². The molecule has 0 fully saturated rings. The van der Waals surface area contributed by atoms with Gasteiger partial charge in [-0.3, -0.25) is 0 Å². The maximum atomic E-state index is 9.19. The summed E-state index contributed by atoms with van der Waals surface area (Å²) >= 11 is 1.48. The molecule has 1 heterocycles. The van der Waals surface area contributed by atoms with Crippen LogP contribution in [0.15, 0.2) is 29.6 Å². The van der Waals surface area contributed by atoms with Gasteiger partial charge in [0.25, 0.3) is 0 Å². The van der Waals surface area contributed by atoms with Crippen LogP contribution in [0.5, 0.6) is 5.75 Å². The molecule has 0 atom stereocenters. The molecule has 2 aromatic rings. The predicted molar refractivity (Wildman–Crippen MR) is 73.3 cm³/mol. The minimum Gasteiger partial charge on any atom is -0.497 e. The molecule has 0 aliphatic heterocycles. The SMILES string of the molecule is COc1cccc(C=C(C#N)c2nc(C)cs2)c1. The van der Waals surface area contributed by atoms with Gasteiger partial charge < -0.3 is 4.74 Å². The minimum atomic E-state index is 0.571. The zero-order valence-electron chi connectivity index (χ0n) is 10.2. The third kappa shape index (κ3) is 2.76. The van der Waals surface area contributed by atoms with Gasteiger partial charge in [0.15, 0.2) is 0 Å². The van der Waals surface area contributed by atoms with Crippen LogP contribution in [-0.4, -0.2) is 12.1 Å². The van der Waals surface area contributed by atoms with Crippen molar-refractivity contribution < 1.29 is 4.74 Å². The second kappa shape index (κ2) is 5.48. The first-order chi connectivity index (χ1) is 8.72. The summed E-state index contributed by atoms with van der Waals surface area (Å²) in [6.45, 7) is 1.92. The Morgan fingerprint density at radius 3 is 2.94 bits per heavy atom. The van der Waals surface area contributed by atoms with Crippen LogP contribution in [0.1, 0.15) is 16.3 Å². The van der Waals surface area contributed by atoms with E-state index in [1.54, 1.807) is 7.11 Å². The molecule has 0 bridgehead atoms. The second-order valence-corrected chi connectivity index (χ2v) is 4.60. The van der Waals surface area contributed by atoms with Gasteiger partial charge in [-0.1, -0.05) is 12.1 Å². The molecule has 0 aliphatic rings. The van der Waals surface area contributed by atoms with Crippen molar-refractivity contribution in [1.29, 1.82) is 5.26 Å². The highest BCUT2D eigenvalue weighted by Crippen LogP contribution is 2.22. The van der Waals surface area contributed by atoms with E-state index >= 15 is 0 Å². The Balaban J connectivity index is 2.38. The summed E-state index contributed by atoms with van der Waals surface area (Å²) in [7, 11) is 1.62. The summed E-state index contributed by atoms with van der Waals surface area (Å²) in [5, 5.41) is 11.9. The van der Waals surface area contributed by atoms with Gasteiger partial charge in [-0.25, -0.2) is 4.98 Å². The number of hydrogen-bond donors (Lipinski definition) is 0. The van der Waals surface area contributed by atoms with Crippen molar-refractivity contribution in [1.82, 2.24) is 4.98 Å². The van der Waals surface area contributed by atoms with Crippen LogP contribution < -0.4 is 4.74 Å². The van der Waals surface area contributed by atoms with Gasteiger partial charge >= 0.3 is 0 Å². The van der Waals surface area contributed by atoms with Crippen molar-refractivity contribution in [3.8, 4) is 11.8 Å². The second-order valence-electron chi connectivity index (χ2n) is 3.74. The third-order valence-electron chi connectivity index (χ3n) is 2.37. The van der Waals surface area contributed by atoms with E-state index in [9.17, 15) is 5.26 Å². The van der Waals surface area contributed by atoms with E-state index in [1.165, 1.54) is 11.3 Å². The molecule has 0 amide bonds. The van der Waals surface area contributed by atoms with E-state index < -0.39 is 0 Å². The molecule has 1 aromatic heterocycles. The lowest BCUT2D eigenvalue weighted by molar-refractivity contribution is 0.414. The molecule has 2 rings (SSSR count). The zero-order chi connectivity index (χ0) is 13.0. The summed E-state index contributed by atoms with van der Waals surface area (Å²) in [6.07, 6.45) is 1.82. The number of methoxy groups -OCH3 is 1. The summed E-state index contributed by atoms with van der Waals surface area (Å²) in [4.78, 5) is 4.32. The van der Waals surface area contributed by atoms with E-state index in [0.29, 0.717) is 5.57 Å². The average Bonchev–Trinajstić information content (AvgIpc) is 2.82. The van der Waals surface area contributed by atoms with Crippen LogP contribution in [0.2, 0.25) is 0 Å². The highest BCUT2D eigenvalue weighted by atomic mass is 32.1. The number of ether oxygens (including phenoxy) is 1. The molecule has 0 saturated carbocycles. The molecule has 90 valence electrons. The van der Waals surface area contributed by atoms with Crippen molar-refractivity contribution in [2.24, 2.45) is 0 Å². The maximum absolute atomic E-state index is 9.19. The van der Waals surface area contributed by atoms with Gasteiger partial charge in [-0.05, 0) is 30.7 Å². The Bertz CT molecular complexity index is 623. The monoisotopic (exact) mass is 256 g/mol. The van der Waals surface area contributed by atoms with Crippen LogP contribution in [0.3, 0.4) is 0 Å². The van der Waals surface area contributed by atoms with Gasteiger partial charge in [-0.15, -0.1) is 11.3 Å². The highest BCUT2D eigenvalue weighted by molar-refractivity contribution is 7.11. The van der Waals surface area contributed by atoms with Crippen molar-refractivity contribution in [3.63, 3.8) is 0 Å². The first kappa shape index (κ1) is 12.3. The smallest absolute Gasteiger partial charge is 0.134 e. The van der Waals surface area contributed by atoms with E-state index in [2.05, 4.69) is 11.1 Å². The molecule has 0 aliphatic carbocycles. The molecule has 3 nitrogen and oxygen atoms in total. The lowest BCUT2D eigenvalue weighted by atomic mass is 10.1. The van der Waals surface area contributed by atoms with E-state index in [1.807, 2.05) is 42.6 Å². The highest BCUT2D eigenvalue weighted by Gasteiger charge is 2.05. The number of allylic oxidation sites excluding steroid dienone is 1. The Hall–Kier alpha value is -2.12. The fourth-order valence-electron chi connectivity index (χ4n) is 1.52. The molecule has 0 spiro atoms. The van der Waals surface area contributed by atoms with Crippen molar-refractivity contribution in [3.05, 3.63) is 45.9 Å². The van der Waals surface area contributed by atoms with Crippen molar-refractivity contribution in [2.75, 3.05) is 7.11 Å². The summed E-state index contributed by atoms with van der Waals surface area (Å²) in [5.74, 6) is 0.774. The molecular formula is C14H12N2OS. The third-order valence-corrected chi connectivity index (χ3v) is 3.37. The van der Waals surface area contributed by atoms with Gasteiger partial charge in [0, 0.05) is 11.1 Å². The molecule has 18 heavy (non-hydrogen) atoms. The molecular weight excluding hydrogens is 244 g/mol. The number of rotatable bonds is 3. The van der Waals surface area contributed by atoms with E-state index in [-0.39, 0.29) is 0 Å². The molecule has 0 saturated heterocycles. The zero-order valence-corrected chi connectivity index (χ0v) is 11.0. The van der Waals surface area contributed by atoms with Crippen LogP contribution in [0.4, 0.5) is 0 Å². The summed E-state index contributed by atoms with van der Waals surface area (Å²) in [5.41, 5.74) is 2.43. The number of aromatic nitrogens is 1. The lowest BCUT2D eigenvalue weighted by Crippen LogP contribution is -1.84. The number of nitriles is 1. The normalized spacial score (nSPS) is 11.1. The molecule has 0 N–H and O–H groups in total. The van der Waals surface area contributed by atoms with Gasteiger partial charge in [0.1, 0.15) is 16.8 Å². The first-order valence-electron chi connectivity index (χ1n) is 5.41. The Morgan fingerprint density at radius 2 is 2.33 bits per heavy atom. The first-order valence-corrected chi connectivity index (χ1v) is 6.29. The number of nitrogens with zero attached hydrogens (tertiary/aromatic N) is 2. The summed E-state index contributed by atoms with van der Waals surface area (Å²) < 4.78 is 5.15. The van der Waals surface area contributed by atoms with Crippen molar-refractivity contribution >= 4 is 23.0 Å². The lowest BCUT2D eigenvalue weighted by Gasteiger charge is -2.00. The van der Waals surface area contributed by atoms with Crippen molar-refractivity contribution in [2.45, 2.75) is 6.92 Å². The molecule has 4 heteroatoms. The predicted octanol–water partition coefficient (Wildman–Crippen LogP) is 3.52. The van der Waals surface area contributed by atoms with Gasteiger partial charge in [-0.2, -0.15) is 5.26 Å². The number of benzene rings is 1. The standard InChI is InChI=1S/C14H12N2OS/c1-10-9-18-14(16-10)12(8-15)6-11-4-3-5-13(7-11)17-2/h3-7,9H,1-2H3. The number of thiazole rings is 1. The van der Waals surface area contributed by atoms with Gasteiger partial charge in [0.05, 0.1) is 12.7 Å². The van der Waals surface area contributed by atoms with Crippen LogP contribution in [-0.2, 0) is 0 Å². The number of hydrogen-bond acceptors (Lipinski definition) is 4. The largest absolute Gasteiger partial charge is 0.497 e. The fraction of sp³-hybridized carbons (Fsp3) is 0.143. The Morgan fingerprint density at radius 1 is 1.50 bits per heavy atom. The average molecular weight is 256 g/mol. The van der Waals surface area contributed by atoms with Gasteiger partial charge in [0.2, 0.25) is 0 Å². The maximum Gasteiger partial charge on any atom is 0.134 e. The Labute approximate surface area is 110 Å². The molecule has 1 aromatic carbocycles. The molecule has 0 radical (unpaired) electrons. The topological polar surface area (TPSA) is 45.9 Å². The van der Waals surface area contributed by atoms with Crippen LogP contribution >= 0.6 is 11.3 Å². The Kier molecular flexibility index (Phi) is 3.75. The van der Waals surface area contributed by atoms with Crippen LogP contribution in [0, 0.1) is 18.3 Å². The minimum absolute atomic E-state index is 0.571. The fourth-order valence-corrected chi connectivity index (χ4v) is 2.28. The quantitative estimate of drug-likeness (QED) is 0.789. The number of aryl methyl sites for hydroxylation is 1. The van der Waals surface area contributed by atoms with E-state index in [4.69, 9.17) is 4.74 Å². The summed E-state index contributed by atoms with van der Waals surface area (Å²) in [6, 6.07) is 9.77. The van der Waals surface area contributed by atoms with Crippen LogP contribution in [0.25, 0.3) is 11.6 Å².